The zero-order chi connectivity index (χ0) is 18.4. The first-order valence-electron chi connectivity index (χ1n) is 8.68. The fraction of sp³-hybridized carbons (Fsp3) is 0.130. The Hall–Kier alpha value is -3.20. The van der Waals surface area contributed by atoms with Gasteiger partial charge in [0, 0.05) is 24.0 Å². The molecule has 0 saturated carbocycles. The van der Waals surface area contributed by atoms with E-state index in [1.54, 1.807) is 12.3 Å². The molecule has 0 aliphatic heterocycles. The molecule has 3 aromatic rings. The van der Waals surface area contributed by atoms with Crippen molar-refractivity contribution in [1.29, 1.82) is 0 Å². The minimum atomic E-state index is -0.107. The van der Waals surface area contributed by atoms with E-state index in [9.17, 15) is 4.79 Å². The molecule has 1 amide bonds. The molecule has 0 bridgehead atoms. The maximum Gasteiger partial charge on any atom is 0.244 e. The number of hydrogen-bond donors (Lipinski definition) is 1. The Labute approximate surface area is 154 Å². The molecule has 2 aromatic carbocycles. The second-order valence-corrected chi connectivity index (χ2v) is 6.29. The van der Waals surface area contributed by atoms with Crippen molar-refractivity contribution in [2.45, 2.75) is 19.9 Å². The van der Waals surface area contributed by atoms with Gasteiger partial charge in [0.15, 0.2) is 0 Å². The van der Waals surface area contributed by atoms with Crippen LogP contribution < -0.4 is 5.32 Å². The molecular weight excluding hydrogens is 320 g/mol. The van der Waals surface area contributed by atoms with E-state index in [0.29, 0.717) is 0 Å². The Morgan fingerprint density at radius 2 is 1.88 bits per heavy atom. The normalized spacial score (nSPS) is 12.1. The number of aromatic nitrogens is 1. The third kappa shape index (κ3) is 4.45. The molecule has 0 aliphatic rings. The minimum Gasteiger partial charge on any atom is -0.346 e. The standard InChI is InChI=1S/C23H22N2O/c1-17-13-14-24-16-22(17)21-10-6-9-20(15-21)18(2)25-23(26)12-11-19-7-4-3-5-8-19/h3-16,18H,1-2H3,(H,25,26)/b12-11-/t18-/m0/s1. The van der Waals surface area contributed by atoms with E-state index >= 15 is 0 Å². The van der Waals surface area contributed by atoms with Crippen LogP contribution in [0.15, 0.2) is 79.1 Å². The topological polar surface area (TPSA) is 42.0 Å². The first-order valence-corrected chi connectivity index (χ1v) is 8.68. The molecule has 0 radical (unpaired) electrons. The number of rotatable bonds is 5. The Morgan fingerprint density at radius 3 is 2.65 bits per heavy atom. The van der Waals surface area contributed by atoms with Crippen LogP contribution in [-0.2, 0) is 4.79 Å². The molecule has 0 aliphatic carbocycles. The number of nitrogens with one attached hydrogen (secondary N) is 1. The van der Waals surface area contributed by atoms with Crippen LogP contribution in [0.5, 0.6) is 0 Å². The van der Waals surface area contributed by atoms with E-state index in [2.05, 4.69) is 29.4 Å². The third-order valence-electron chi connectivity index (χ3n) is 4.32. The highest BCUT2D eigenvalue weighted by atomic mass is 16.1. The van der Waals surface area contributed by atoms with Gasteiger partial charge in [0.1, 0.15) is 0 Å². The fourth-order valence-corrected chi connectivity index (χ4v) is 2.82. The number of carbonyl (C=O) groups excluding carboxylic acids is 1. The lowest BCUT2D eigenvalue weighted by atomic mass is 9.98. The van der Waals surface area contributed by atoms with E-state index in [1.807, 2.05) is 67.7 Å². The van der Waals surface area contributed by atoms with Gasteiger partial charge in [-0.3, -0.25) is 9.78 Å². The molecule has 3 rings (SSSR count). The summed E-state index contributed by atoms with van der Waals surface area (Å²) in [4.78, 5) is 16.4. The Morgan fingerprint density at radius 1 is 1.08 bits per heavy atom. The van der Waals surface area contributed by atoms with Crippen LogP contribution in [0.3, 0.4) is 0 Å². The number of nitrogens with zero attached hydrogens (tertiary/aromatic N) is 1. The summed E-state index contributed by atoms with van der Waals surface area (Å²) in [6, 6.07) is 19.9. The molecule has 0 spiro atoms. The number of carbonyl (C=O) groups is 1. The molecule has 0 fully saturated rings. The minimum absolute atomic E-state index is 0.0835. The van der Waals surface area contributed by atoms with Crippen molar-refractivity contribution in [2.75, 3.05) is 0 Å². The lowest BCUT2D eigenvalue weighted by molar-refractivity contribution is -0.117. The second kappa shape index (κ2) is 8.26. The molecular formula is C23H22N2O. The number of pyridine rings is 1. The molecule has 1 heterocycles. The average molecular weight is 342 g/mol. The van der Waals surface area contributed by atoms with Gasteiger partial charge in [-0.15, -0.1) is 0 Å². The lowest BCUT2D eigenvalue weighted by Crippen LogP contribution is -2.24. The molecule has 0 unspecified atom stereocenters. The van der Waals surface area contributed by atoms with Crippen LogP contribution in [0.2, 0.25) is 0 Å². The van der Waals surface area contributed by atoms with Crippen LogP contribution in [0.1, 0.15) is 29.7 Å². The van der Waals surface area contributed by atoms with Crippen LogP contribution in [-0.4, -0.2) is 10.9 Å². The van der Waals surface area contributed by atoms with Gasteiger partial charge in [0.05, 0.1) is 6.04 Å². The Kier molecular flexibility index (Phi) is 5.59. The summed E-state index contributed by atoms with van der Waals surface area (Å²) >= 11 is 0. The van der Waals surface area contributed by atoms with Gasteiger partial charge in [0.2, 0.25) is 5.91 Å². The predicted molar refractivity (Wildman–Crippen MR) is 106 cm³/mol. The Bertz CT molecular complexity index is 916. The van der Waals surface area contributed by atoms with Gasteiger partial charge in [0.25, 0.3) is 0 Å². The molecule has 0 saturated heterocycles. The molecule has 3 heteroatoms. The van der Waals surface area contributed by atoms with E-state index in [-0.39, 0.29) is 11.9 Å². The molecule has 1 aromatic heterocycles. The summed E-state index contributed by atoms with van der Waals surface area (Å²) in [5.41, 5.74) is 5.46. The summed E-state index contributed by atoms with van der Waals surface area (Å²) in [5, 5.41) is 3.02. The van der Waals surface area contributed by atoms with Crippen LogP contribution >= 0.6 is 0 Å². The van der Waals surface area contributed by atoms with Gasteiger partial charge in [-0.1, -0.05) is 48.5 Å². The smallest absolute Gasteiger partial charge is 0.244 e. The largest absolute Gasteiger partial charge is 0.346 e. The highest BCUT2D eigenvalue weighted by Gasteiger charge is 2.09. The Balaban J connectivity index is 1.71. The lowest BCUT2D eigenvalue weighted by Gasteiger charge is -2.15. The number of benzene rings is 2. The first-order chi connectivity index (χ1) is 12.6. The zero-order valence-electron chi connectivity index (χ0n) is 15.0. The summed E-state index contributed by atoms with van der Waals surface area (Å²) in [6.45, 7) is 4.06. The van der Waals surface area contributed by atoms with Crippen molar-refractivity contribution < 1.29 is 4.79 Å². The van der Waals surface area contributed by atoms with Gasteiger partial charge >= 0.3 is 0 Å². The van der Waals surface area contributed by atoms with Crippen molar-refractivity contribution in [2.24, 2.45) is 0 Å². The van der Waals surface area contributed by atoms with Crippen molar-refractivity contribution in [3.05, 3.63) is 95.8 Å². The molecule has 26 heavy (non-hydrogen) atoms. The van der Waals surface area contributed by atoms with Gasteiger partial charge in [-0.25, -0.2) is 0 Å². The number of amides is 1. The molecule has 1 atom stereocenters. The van der Waals surface area contributed by atoms with Crippen molar-refractivity contribution >= 4 is 12.0 Å². The van der Waals surface area contributed by atoms with Crippen molar-refractivity contribution in [1.82, 2.24) is 10.3 Å². The maximum atomic E-state index is 12.2. The SMILES string of the molecule is Cc1ccncc1-c1cccc([C@H](C)NC(=O)/C=C\c2ccccc2)c1. The van der Waals surface area contributed by atoms with Gasteiger partial charge in [-0.05, 0) is 54.3 Å². The number of aryl methyl sites for hydroxylation is 1. The number of hydrogen-bond acceptors (Lipinski definition) is 2. The van der Waals surface area contributed by atoms with E-state index in [4.69, 9.17) is 0 Å². The highest BCUT2D eigenvalue weighted by Crippen LogP contribution is 2.25. The molecule has 1 N–H and O–H groups in total. The summed E-state index contributed by atoms with van der Waals surface area (Å²) in [7, 11) is 0. The van der Waals surface area contributed by atoms with Crippen molar-refractivity contribution in [3.8, 4) is 11.1 Å². The molecule has 3 nitrogen and oxygen atoms in total. The third-order valence-corrected chi connectivity index (χ3v) is 4.32. The van der Waals surface area contributed by atoms with Gasteiger partial charge < -0.3 is 5.32 Å². The van der Waals surface area contributed by atoms with Crippen LogP contribution in [0.25, 0.3) is 17.2 Å². The quantitative estimate of drug-likeness (QED) is 0.667. The summed E-state index contributed by atoms with van der Waals surface area (Å²) < 4.78 is 0. The molecule has 130 valence electrons. The van der Waals surface area contributed by atoms with E-state index in [0.717, 1.165) is 22.3 Å². The maximum absolute atomic E-state index is 12.2. The second-order valence-electron chi connectivity index (χ2n) is 6.29. The highest BCUT2D eigenvalue weighted by molar-refractivity contribution is 5.92. The van der Waals surface area contributed by atoms with Crippen LogP contribution in [0, 0.1) is 6.92 Å². The van der Waals surface area contributed by atoms with Crippen molar-refractivity contribution in [3.63, 3.8) is 0 Å². The summed E-state index contributed by atoms with van der Waals surface area (Å²) in [5.74, 6) is -0.107. The first kappa shape index (κ1) is 17.6. The van der Waals surface area contributed by atoms with Gasteiger partial charge in [-0.2, -0.15) is 0 Å². The average Bonchev–Trinajstić information content (AvgIpc) is 2.67. The summed E-state index contributed by atoms with van der Waals surface area (Å²) in [6.07, 6.45) is 7.06. The van der Waals surface area contributed by atoms with E-state index < -0.39 is 0 Å². The predicted octanol–water partition coefficient (Wildman–Crippen LogP) is 4.95. The zero-order valence-corrected chi connectivity index (χ0v) is 15.0. The van der Waals surface area contributed by atoms with Crippen LogP contribution in [0.4, 0.5) is 0 Å². The monoisotopic (exact) mass is 342 g/mol. The van der Waals surface area contributed by atoms with E-state index in [1.165, 1.54) is 5.56 Å². The fourth-order valence-electron chi connectivity index (χ4n) is 2.82.